The van der Waals surface area contributed by atoms with Gasteiger partial charge in [0.15, 0.2) is 0 Å². The molecule has 3 aromatic carbocycles. The minimum absolute atomic E-state index is 0.187. The Kier molecular flexibility index (Phi) is 8.41. The second-order valence-electron chi connectivity index (χ2n) is 7.84. The van der Waals surface area contributed by atoms with E-state index in [1.165, 1.54) is 0 Å². The monoisotopic (exact) mass is 604 g/mol. The van der Waals surface area contributed by atoms with Crippen molar-refractivity contribution in [1.82, 2.24) is 4.90 Å². The summed E-state index contributed by atoms with van der Waals surface area (Å²) in [6.07, 6.45) is 1.58. The first-order valence-corrected chi connectivity index (χ1v) is 13.0. The number of thioether (sulfide) groups is 1. The van der Waals surface area contributed by atoms with Crippen molar-refractivity contribution >= 4 is 79.7 Å². The Morgan fingerprint density at radius 1 is 1.11 bits per heavy atom. The summed E-state index contributed by atoms with van der Waals surface area (Å²) in [5, 5.41) is 3.22. The van der Waals surface area contributed by atoms with Crippen molar-refractivity contribution in [2.45, 2.75) is 13.5 Å². The van der Waals surface area contributed by atoms with Gasteiger partial charge < -0.3 is 10.1 Å². The highest BCUT2D eigenvalue weighted by molar-refractivity contribution is 9.10. The van der Waals surface area contributed by atoms with Gasteiger partial charge in [-0.15, -0.1) is 0 Å². The van der Waals surface area contributed by atoms with E-state index in [0.717, 1.165) is 32.3 Å². The minimum atomic E-state index is -0.556. The lowest BCUT2D eigenvalue weighted by Gasteiger charge is -2.14. The van der Waals surface area contributed by atoms with Crippen LogP contribution in [0.5, 0.6) is 5.75 Å². The first-order valence-electron chi connectivity index (χ1n) is 10.7. The lowest BCUT2D eigenvalue weighted by atomic mass is 10.1. The Bertz CT molecular complexity index is 1400. The summed E-state index contributed by atoms with van der Waals surface area (Å²) < 4.78 is 6.74. The van der Waals surface area contributed by atoms with Crippen molar-refractivity contribution in [2.24, 2.45) is 0 Å². The number of imide groups is 1. The molecule has 1 aliphatic heterocycles. The average molecular weight is 606 g/mol. The molecule has 0 atom stereocenters. The number of amides is 3. The average Bonchev–Trinajstić information content (AvgIpc) is 3.09. The standard InChI is InChI=1S/C26H19BrCl2N2O4S/c1-15-6-8-19(28)12-21(15)30-24(32)13-31-25(33)23(36-26(31)34)11-17-10-18(27)7-9-22(17)35-14-16-4-2-3-5-20(16)29/h2-12H,13-14H2,1H3,(H,30,32)/b23-11+. The second kappa shape index (κ2) is 11.5. The largest absolute Gasteiger partial charge is 0.488 e. The van der Waals surface area contributed by atoms with Gasteiger partial charge in [-0.3, -0.25) is 19.3 Å². The highest BCUT2D eigenvalue weighted by atomic mass is 79.9. The molecule has 10 heteroatoms. The molecule has 6 nitrogen and oxygen atoms in total. The van der Waals surface area contributed by atoms with Crippen molar-refractivity contribution < 1.29 is 19.1 Å². The van der Waals surface area contributed by atoms with E-state index >= 15 is 0 Å². The van der Waals surface area contributed by atoms with Crippen molar-refractivity contribution in [3.63, 3.8) is 0 Å². The molecule has 1 fully saturated rings. The molecule has 1 saturated heterocycles. The Morgan fingerprint density at radius 2 is 1.89 bits per heavy atom. The van der Waals surface area contributed by atoms with Crippen LogP contribution in [0.25, 0.3) is 6.08 Å². The maximum Gasteiger partial charge on any atom is 0.294 e. The molecule has 4 rings (SSSR count). The normalized spacial score (nSPS) is 14.4. The number of nitrogens with zero attached hydrogens (tertiary/aromatic N) is 1. The molecule has 1 heterocycles. The van der Waals surface area contributed by atoms with Crippen LogP contribution in [-0.4, -0.2) is 28.5 Å². The zero-order valence-corrected chi connectivity index (χ0v) is 22.8. The third kappa shape index (κ3) is 6.31. The number of hydrogen-bond acceptors (Lipinski definition) is 5. The Labute approximate surface area is 230 Å². The molecule has 0 saturated carbocycles. The molecule has 1 aliphatic rings. The Hall–Kier alpha value is -2.78. The number of aryl methyl sites for hydroxylation is 1. The SMILES string of the molecule is Cc1ccc(Cl)cc1NC(=O)CN1C(=O)S/C(=C/c2cc(Br)ccc2OCc2ccccc2Cl)C1=O. The van der Waals surface area contributed by atoms with Crippen molar-refractivity contribution in [1.29, 1.82) is 0 Å². The summed E-state index contributed by atoms with van der Waals surface area (Å²) in [5.74, 6) is -0.547. The molecule has 1 N–H and O–H groups in total. The van der Waals surface area contributed by atoms with Crippen LogP contribution in [0.4, 0.5) is 10.5 Å². The number of carbonyl (C=O) groups excluding carboxylic acids is 3. The molecule has 0 radical (unpaired) electrons. The van der Waals surface area contributed by atoms with Gasteiger partial charge in [-0.2, -0.15) is 0 Å². The van der Waals surface area contributed by atoms with Gasteiger partial charge in [0.2, 0.25) is 5.91 Å². The molecule has 3 amide bonds. The quantitative estimate of drug-likeness (QED) is 0.286. The fourth-order valence-corrected chi connectivity index (χ4v) is 4.94. The van der Waals surface area contributed by atoms with Crippen LogP contribution in [-0.2, 0) is 16.2 Å². The molecular weight excluding hydrogens is 587 g/mol. The lowest BCUT2D eigenvalue weighted by Crippen LogP contribution is -2.36. The first kappa shape index (κ1) is 26.3. The van der Waals surface area contributed by atoms with E-state index < -0.39 is 23.6 Å². The van der Waals surface area contributed by atoms with Crippen LogP contribution in [0.15, 0.2) is 70.0 Å². The van der Waals surface area contributed by atoms with Crippen LogP contribution < -0.4 is 10.1 Å². The fourth-order valence-electron chi connectivity index (χ4n) is 3.37. The number of ether oxygens (including phenoxy) is 1. The van der Waals surface area contributed by atoms with Crippen LogP contribution in [0, 0.1) is 6.92 Å². The van der Waals surface area contributed by atoms with Crippen molar-refractivity contribution in [3.8, 4) is 5.75 Å². The third-order valence-electron chi connectivity index (χ3n) is 5.25. The summed E-state index contributed by atoms with van der Waals surface area (Å²) in [7, 11) is 0. The summed E-state index contributed by atoms with van der Waals surface area (Å²) in [4.78, 5) is 39.2. The molecule has 36 heavy (non-hydrogen) atoms. The van der Waals surface area contributed by atoms with Crippen molar-refractivity contribution in [3.05, 3.63) is 96.8 Å². The van der Waals surface area contributed by atoms with Gasteiger partial charge in [-0.1, -0.05) is 63.4 Å². The summed E-state index contributed by atoms with van der Waals surface area (Å²) >= 11 is 16.4. The van der Waals surface area contributed by atoms with Gasteiger partial charge in [0, 0.05) is 31.3 Å². The molecular formula is C26H19BrCl2N2O4S. The smallest absolute Gasteiger partial charge is 0.294 e. The number of rotatable bonds is 7. The highest BCUT2D eigenvalue weighted by Crippen LogP contribution is 2.35. The third-order valence-corrected chi connectivity index (χ3v) is 7.25. The van der Waals surface area contributed by atoms with Crippen LogP contribution in [0.1, 0.15) is 16.7 Å². The van der Waals surface area contributed by atoms with E-state index in [4.69, 9.17) is 27.9 Å². The number of halogens is 3. The number of carbonyl (C=O) groups is 3. The maximum atomic E-state index is 13.0. The van der Waals surface area contributed by atoms with Crippen LogP contribution >= 0.6 is 50.9 Å². The minimum Gasteiger partial charge on any atom is -0.488 e. The number of hydrogen-bond donors (Lipinski definition) is 1. The predicted octanol–water partition coefficient (Wildman–Crippen LogP) is 7.32. The lowest BCUT2D eigenvalue weighted by molar-refractivity contribution is -0.127. The van der Waals surface area contributed by atoms with Gasteiger partial charge in [-0.05, 0) is 66.7 Å². The first-order chi connectivity index (χ1) is 17.2. The van der Waals surface area contributed by atoms with Crippen LogP contribution in [0.3, 0.4) is 0 Å². The summed E-state index contributed by atoms with van der Waals surface area (Å²) in [6.45, 7) is 1.63. The van der Waals surface area contributed by atoms with E-state index in [0.29, 0.717) is 27.0 Å². The zero-order chi connectivity index (χ0) is 25.8. The fraction of sp³-hybridized carbons (Fsp3) is 0.115. The van der Waals surface area contributed by atoms with Crippen LogP contribution in [0.2, 0.25) is 10.0 Å². The molecule has 0 aliphatic carbocycles. The zero-order valence-electron chi connectivity index (χ0n) is 18.9. The molecule has 0 aromatic heterocycles. The second-order valence-corrected chi connectivity index (χ2v) is 10.6. The molecule has 0 spiro atoms. The van der Waals surface area contributed by atoms with Gasteiger partial charge >= 0.3 is 0 Å². The molecule has 184 valence electrons. The molecule has 0 bridgehead atoms. The van der Waals surface area contributed by atoms with E-state index in [-0.39, 0.29) is 11.5 Å². The van der Waals surface area contributed by atoms with E-state index in [1.54, 1.807) is 42.5 Å². The number of anilines is 1. The molecule has 0 unspecified atom stereocenters. The summed E-state index contributed by atoms with van der Waals surface area (Å²) in [6, 6.07) is 17.8. The topological polar surface area (TPSA) is 75.7 Å². The summed E-state index contributed by atoms with van der Waals surface area (Å²) in [5.41, 5.74) is 2.74. The molecule has 3 aromatic rings. The van der Waals surface area contributed by atoms with Gasteiger partial charge in [0.25, 0.3) is 11.1 Å². The van der Waals surface area contributed by atoms with Gasteiger partial charge in [0.1, 0.15) is 18.9 Å². The number of benzene rings is 3. The van der Waals surface area contributed by atoms with Gasteiger partial charge in [0.05, 0.1) is 4.91 Å². The van der Waals surface area contributed by atoms with E-state index in [9.17, 15) is 14.4 Å². The van der Waals surface area contributed by atoms with E-state index in [2.05, 4.69) is 21.2 Å². The number of nitrogens with one attached hydrogen (secondary N) is 1. The Morgan fingerprint density at radius 3 is 2.67 bits per heavy atom. The van der Waals surface area contributed by atoms with Gasteiger partial charge in [-0.25, -0.2) is 0 Å². The maximum absolute atomic E-state index is 13.0. The van der Waals surface area contributed by atoms with Crippen molar-refractivity contribution in [2.75, 3.05) is 11.9 Å². The Balaban J connectivity index is 1.50. The van der Waals surface area contributed by atoms with E-state index in [1.807, 2.05) is 31.2 Å². The predicted molar refractivity (Wildman–Crippen MR) is 147 cm³/mol. The highest BCUT2D eigenvalue weighted by Gasteiger charge is 2.36.